The van der Waals surface area contributed by atoms with Crippen LogP contribution in [0.3, 0.4) is 0 Å². The summed E-state index contributed by atoms with van der Waals surface area (Å²) < 4.78 is 16.4. The van der Waals surface area contributed by atoms with Gasteiger partial charge in [0, 0.05) is 44.0 Å². The van der Waals surface area contributed by atoms with E-state index in [-0.39, 0.29) is 0 Å². The van der Waals surface area contributed by atoms with Gasteiger partial charge in [0.2, 0.25) is 0 Å². The first-order valence-corrected chi connectivity index (χ1v) is 9.28. The molecule has 1 aromatic heterocycles. The van der Waals surface area contributed by atoms with E-state index >= 15 is 0 Å². The number of methoxy groups -OCH3 is 2. The number of hydrogen-bond acceptors (Lipinski definition) is 5. The van der Waals surface area contributed by atoms with Crippen LogP contribution < -0.4 is 9.47 Å². The molecule has 0 radical (unpaired) electrons. The lowest BCUT2D eigenvalue weighted by Gasteiger charge is -2.35. The Morgan fingerprint density at radius 2 is 2.04 bits per heavy atom. The predicted octanol–water partition coefficient (Wildman–Crippen LogP) is 3.38. The van der Waals surface area contributed by atoms with E-state index in [9.17, 15) is 0 Å². The monoisotopic (exact) mass is 354 g/mol. The largest absolute Gasteiger partial charge is 0.493 e. The van der Waals surface area contributed by atoms with Crippen molar-refractivity contribution in [1.82, 2.24) is 9.88 Å². The quantitative estimate of drug-likeness (QED) is 0.713. The SMILES string of the molecule is COCCOc1cc(CN2[C@@H]3CC[C@@H]2c2cccnc2C3)ccc1OC. The fourth-order valence-corrected chi connectivity index (χ4v) is 4.25. The highest BCUT2D eigenvalue weighted by atomic mass is 16.5. The van der Waals surface area contributed by atoms with Crippen LogP contribution in [0, 0.1) is 0 Å². The molecule has 2 atom stereocenters. The summed E-state index contributed by atoms with van der Waals surface area (Å²) in [5.74, 6) is 1.55. The van der Waals surface area contributed by atoms with Crippen molar-refractivity contribution in [3.63, 3.8) is 0 Å². The Morgan fingerprint density at radius 1 is 1.12 bits per heavy atom. The van der Waals surface area contributed by atoms with Gasteiger partial charge < -0.3 is 14.2 Å². The van der Waals surface area contributed by atoms with Crippen molar-refractivity contribution < 1.29 is 14.2 Å². The van der Waals surface area contributed by atoms with E-state index in [1.54, 1.807) is 14.2 Å². The van der Waals surface area contributed by atoms with Crippen LogP contribution in [0.4, 0.5) is 0 Å². The van der Waals surface area contributed by atoms with Crippen molar-refractivity contribution in [2.45, 2.75) is 37.9 Å². The van der Waals surface area contributed by atoms with Crippen LogP contribution in [0.5, 0.6) is 11.5 Å². The second kappa shape index (κ2) is 7.64. The zero-order valence-corrected chi connectivity index (χ0v) is 15.5. The van der Waals surface area contributed by atoms with Gasteiger partial charge in [-0.2, -0.15) is 0 Å². The van der Waals surface area contributed by atoms with Gasteiger partial charge in [-0.3, -0.25) is 9.88 Å². The van der Waals surface area contributed by atoms with Crippen LogP contribution in [0.25, 0.3) is 0 Å². The second-order valence-electron chi connectivity index (χ2n) is 6.99. The minimum Gasteiger partial charge on any atom is -0.493 e. The van der Waals surface area contributed by atoms with Gasteiger partial charge in [-0.25, -0.2) is 0 Å². The summed E-state index contributed by atoms with van der Waals surface area (Å²) in [7, 11) is 3.35. The van der Waals surface area contributed by atoms with Gasteiger partial charge >= 0.3 is 0 Å². The Balaban J connectivity index is 1.53. The molecule has 1 aromatic carbocycles. The summed E-state index contributed by atoms with van der Waals surface area (Å²) in [5, 5.41) is 0. The number of fused-ring (bicyclic) bond motifs is 4. The van der Waals surface area contributed by atoms with Gasteiger partial charge in [-0.15, -0.1) is 0 Å². The lowest BCUT2D eigenvalue weighted by Crippen LogP contribution is -2.37. The van der Waals surface area contributed by atoms with Crippen LogP contribution in [0.15, 0.2) is 36.5 Å². The number of benzene rings is 1. The van der Waals surface area contributed by atoms with E-state index in [2.05, 4.69) is 34.1 Å². The maximum absolute atomic E-state index is 5.85. The Bertz CT molecular complexity index is 765. The third-order valence-electron chi connectivity index (χ3n) is 5.49. The maximum atomic E-state index is 5.85. The molecule has 0 saturated carbocycles. The first kappa shape index (κ1) is 17.3. The Morgan fingerprint density at radius 3 is 2.88 bits per heavy atom. The van der Waals surface area contributed by atoms with E-state index in [4.69, 9.17) is 14.2 Å². The van der Waals surface area contributed by atoms with E-state index in [0.29, 0.717) is 25.3 Å². The molecular formula is C21H26N2O3. The summed E-state index contributed by atoms with van der Waals surface area (Å²) >= 11 is 0. The maximum Gasteiger partial charge on any atom is 0.161 e. The summed E-state index contributed by atoms with van der Waals surface area (Å²) in [6.07, 6.45) is 5.44. The van der Waals surface area contributed by atoms with Gasteiger partial charge in [0.25, 0.3) is 0 Å². The highest BCUT2D eigenvalue weighted by Gasteiger charge is 2.40. The molecule has 0 spiro atoms. The van der Waals surface area contributed by atoms with E-state index in [1.165, 1.54) is 29.7 Å². The molecule has 3 heterocycles. The molecule has 2 aliphatic rings. The van der Waals surface area contributed by atoms with Crippen molar-refractivity contribution in [2.24, 2.45) is 0 Å². The Labute approximate surface area is 154 Å². The minimum atomic E-state index is 0.484. The smallest absolute Gasteiger partial charge is 0.161 e. The third kappa shape index (κ3) is 3.29. The molecule has 26 heavy (non-hydrogen) atoms. The van der Waals surface area contributed by atoms with Crippen LogP contribution in [0.1, 0.15) is 35.7 Å². The molecule has 2 bridgehead atoms. The number of aromatic nitrogens is 1. The summed E-state index contributed by atoms with van der Waals surface area (Å²) in [6, 6.07) is 11.6. The van der Waals surface area contributed by atoms with Crippen LogP contribution in [-0.2, 0) is 17.7 Å². The topological polar surface area (TPSA) is 43.8 Å². The van der Waals surface area contributed by atoms with E-state index in [0.717, 1.165) is 24.5 Å². The van der Waals surface area contributed by atoms with Crippen LogP contribution >= 0.6 is 0 Å². The lowest BCUT2D eigenvalue weighted by molar-refractivity contribution is 0.143. The normalized spacial score (nSPS) is 21.5. The molecule has 1 saturated heterocycles. The number of nitrogens with zero attached hydrogens (tertiary/aromatic N) is 2. The zero-order valence-electron chi connectivity index (χ0n) is 15.5. The first-order valence-electron chi connectivity index (χ1n) is 9.28. The van der Waals surface area contributed by atoms with Crippen molar-refractivity contribution in [3.8, 4) is 11.5 Å². The molecule has 2 aliphatic heterocycles. The van der Waals surface area contributed by atoms with Gasteiger partial charge in [0.1, 0.15) is 6.61 Å². The molecule has 0 unspecified atom stereocenters. The molecule has 0 amide bonds. The first-order chi connectivity index (χ1) is 12.8. The van der Waals surface area contributed by atoms with Crippen molar-refractivity contribution in [2.75, 3.05) is 27.4 Å². The molecule has 0 aliphatic carbocycles. The number of pyridine rings is 1. The number of hydrogen-bond donors (Lipinski definition) is 0. The van der Waals surface area contributed by atoms with Gasteiger partial charge in [-0.05, 0) is 42.2 Å². The standard InChI is InChI=1S/C21H26N2O3/c1-24-10-11-26-21-12-15(5-8-20(21)25-2)14-23-16-6-7-19(23)17-4-3-9-22-18(17)13-16/h3-5,8-9,12,16,19H,6-7,10-11,13-14H2,1-2H3/t16-,19-/m1/s1. The second-order valence-corrected chi connectivity index (χ2v) is 6.99. The predicted molar refractivity (Wildman–Crippen MR) is 99.6 cm³/mol. The molecule has 138 valence electrons. The highest BCUT2D eigenvalue weighted by molar-refractivity contribution is 5.43. The zero-order chi connectivity index (χ0) is 17.9. The third-order valence-corrected chi connectivity index (χ3v) is 5.49. The molecule has 5 nitrogen and oxygen atoms in total. The van der Waals surface area contributed by atoms with Crippen molar-refractivity contribution in [3.05, 3.63) is 53.3 Å². The number of ether oxygens (including phenoxy) is 3. The fraction of sp³-hybridized carbons (Fsp3) is 0.476. The highest BCUT2D eigenvalue weighted by Crippen LogP contribution is 2.44. The van der Waals surface area contributed by atoms with Crippen LogP contribution in [0.2, 0.25) is 0 Å². The Hall–Kier alpha value is -2.11. The van der Waals surface area contributed by atoms with Crippen molar-refractivity contribution >= 4 is 0 Å². The molecule has 1 fully saturated rings. The van der Waals surface area contributed by atoms with E-state index < -0.39 is 0 Å². The average molecular weight is 354 g/mol. The van der Waals surface area contributed by atoms with Crippen molar-refractivity contribution in [1.29, 1.82) is 0 Å². The lowest BCUT2D eigenvalue weighted by atomic mass is 9.97. The summed E-state index contributed by atoms with van der Waals surface area (Å²) in [6.45, 7) is 2.01. The van der Waals surface area contributed by atoms with Gasteiger partial charge in [0.15, 0.2) is 11.5 Å². The molecule has 5 heteroatoms. The van der Waals surface area contributed by atoms with Gasteiger partial charge in [-0.1, -0.05) is 12.1 Å². The summed E-state index contributed by atoms with van der Waals surface area (Å²) in [4.78, 5) is 7.23. The average Bonchev–Trinajstić information content (AvgIpc) is 2.94. The van der Waals surface area contributed by atoms with Gasteiger partial charge in [0.05, 0.1) is 13.7 Å². The fourth-order valence-electron chi connectivity index (χ4n) is 4.25. The molecule has 4 rings (SSSR count). The van der Waals surface area contributed by atoms with E-state index in [1.807, 2.05) is 12.3 Å². The molecule has 2 aromatic rings. The molecular weight excluding hydrogens is 328 g/mol. The Kier molecular flexibility index (Phi) is 5.09. The summed E-state index contributed by atoms with van der Waals surface area (Å²) in [5.41, 5.74) is 3.95. The molecule has 0 N–H and O–H groups in total. The van der Waals surface area contributed by atoms with Crippen LogP contribution in [-0.4, -0.2) is 43.4 Å². The minimum absolute atomic E-state index is 0.484. The number of rotatable bonds is 7.